The van der Waals surface area contributed by atoms with Crippen LogP contribution < -0.4 is 0 Å². The third-order valence-corrected chi connectivity index (χ3v) is 5.13. The van der Waals surface area contributed by atoms with Gasteiger partial charge in [0.05, 0.1) is 17.9 Å². The first-order chi connectivity index (χ1) is 11.7. The molecule has 2 heterocycles. The average Bonchev–Trinajstić information content (AvgIpc) is 3.12. The van der Waals surface area contributed by atoms with Crippen molar-refractivity contribution in [2.75, 3.05) is 13.1 Å². The Bertz CT molecular complexity index is 662. The van der Waals surface area contributed by atoms with Crippen LogP contribution in [0.25, 0.3) is 11.3 Å². The van der Waals surface area contributed by atoms with E-state index < -0.39 is 0 Å². The minimum absolute atomic E-state index is 0.399. The van der Waals surface area contributed by atoms with Crippen LogP contribution in [0.2, 0.25) is 0 Å². The molecular weight excluding hydrogens is 298 g/mol. The summed E-state index contributed by atoms with van der Waals surface area (Å²) in [5, 5.41) is 0. The minimum atomic E-state index is 0.399. The molecule has 24 heavy (non-hydrogen) atoms. The molecule has 4 nitrogen and oxygen atoms in total. The van der Waals surface area contributed by atoms with E-state index in [-0.39, 0.29) is 0 Å². The van der Waals surface area contributed by atoms with Crippen molar-refractivity contribution < 1.29 is 4.79 Å². The normalized spacial score (nSPS) is 20.0. The van der Waals surface area contributed by atoms with Gasteiger partial charge in [0.25, 0.3) is 0 Å². The zero-order valence-electron chi connectivity index (χ0n) is 14.7. The molecule has 1 fully saturated rings. The fourth-order valence-electron chi connectivity index (χ4n) is 3.44. The second kappa shape index (κ2) is 7.75. The Hall–Kier alpha value is -1.94. The van der Waals surface area contributed by atoms with Crippen LogP contribution in [-0.2, 0) is 0 Å². The number of hydrogen-bond acceptors (Lipinski definition) is 3. The number of nitrogens with zero attached hydrogens (tertiary/aromatic N) is 2. The first-order valence-electron chi connectivity index (χ1n) is 9.05. The Morgan fingerprint density at radius 2 is 2.12 bits per heavy atom. The summed E-state index contributed by atoms with van der Waals surface area (Å²) in [6.45, 7) is 6.90. The first kappa shape index (κ1) is 16.9. The third kappa shape index (κ3) is 3.75. The highest BCUT2D eigenvalue weighted by molar-refractivity contribution is 5.76. The number of piperidine rings is 1. The number of carbonyl (C=O) groups excluding carboxylic acids is 1. The molecule has 1 aliphatic heterocycles. The largest absolute Gasteiger partial charge is 0.341 e. The minimum Gasteiger partial charge on any atom is -0.341 e. The molecule has 0 radical (unpaired) electrons. The van der Waals surface area contributed by atoms with Crippen LogP contribution >= 0.6 is 0 Å². The van der Waals surface area contributed by atoms with E-state index in [4.69, 9.17) is 0 Å². The van der Waals surface area contributed by atoms with Crippen LogP contribution in [0.3, 0.4) is 0 Å². The predicted octanol–water partition coefficient (Wildman–Crippen LogP) is 4.46. The number of benzene rings is 1. The molecule has 0 amide bonds. The van der Waals surface area contributed by atoms with E-state index in [0.29, 0.717) is 11.6 Å². The summed E-state index contributed by atoms with van der Waals surface area (Å²) in [6.07, 6.45) is 7.74. The molecule has 1 saturated heterocycles. The molecule has 4 heteroatoms. The Balaban J connectivity index is 1.78. The molecule has 128 valence electrons. The maximum atomic E-state index is 10.8. The molecule has 0 saturated carbocycles. The molecule has 2 atom stereocenters. The highest BCUT2D eigenvalue weighted by Crippen LogP contribution is 2.31. The van der Waals surface area contributed by atoms with Crippen molar-refractivity contribution in [1.82, 2.24) is 14.9 Å². The Morgan fingerprint density at radius 3 is 2.83 bits per heavy atom. The van der Waals surface area contributed by atoms with Gasteiger partial charge in [-0.1, -0.05) is 51.0 Å². The van der Waals surface area contributed by atoms with Gasteiger partial charge in [0.1, 0.15) is 12.1 Å². The average molecular weight is 325 g/mol. The molecule has 1 aromatic heterocycles. The van der Waals surface area contributed by atoms with Crippen molar-refractivity contribution in [3.63, 3.8) is 0 Å². The van der Waals surface area contributed by atoms with E-state index in [1.165, 1.54) is 32.2 Å². The zero-order chi connectivity index (χ0) is 16.9. The van der Waals surface area contributed by atoms with Crippen LogP contribution in [0.5, 0.6) is 0 Å². The Morgan fingerprint density at radius 1 is 1.33 bits per heavy atom. The van der Waals surface area contributed by atoms with Gasteiger partial charge in [-0.05, 0) is 30.9 Å². The lowest BCUT2D eigenvalue weighted by Gasteiger charge is -2.36. The predicted molar refractivity (Wildman–Crippen MR) is 97.0 cm³/mol. The van der Waals surface area contributed by atoms with Crippen LogP contribution in [-0.4, -0.2) is 34.2 Å². The zero-order valence-corrected chi connectivity index (χ0v) is 14.7. The summed E-state index contributed by atoms with van der Waals surface area (Å²) < 4.78 is 0. The summed E-state index contributed by atoms with van der Waals surface area (Å²) in [5.41, 5.74) is 2.80. The summed E-state index contributed by atoms with van der Waals surface area (Å²) >= 11 is 0. The standard InChI is InChI=1S/C20H27N3O/c1-3-15(2)13-23-11-5-4-6-19(23)20-21-12-18(22-20)17-9-7-16(14-24)8-10-17/h7-10,12,14-15,19H,3-6,11,13H2,1-2H3,(H,21,22). The van der Waals surface area contributed by atoms with Crippen LogP contribution in [0, 0.1) is 5.92 Å². The molecule has 2 aromatic rings. The number of H-pyrrole nitrogens is 1. The summed E-state index contributed by atoms with van der Waals surface area (Å²) in [5.74, 6) is 1.79. The maximum Gasteiger partial charge on any atom is 0.150 e. The summed E-state index contributed by atoms with van der Waals surface area (Å²) in [7, 11) is 0. The molecule has 1 aliphatic rings. The number of imidazole rings is 1. The van der Waals surface area contributed by atoms with Gasteiger partial charge in [-0.3, -0.25) is 9.69 Å². The van der Waals surface area contributed by atoms with Crippen LogP contribution in [0.1, 0.15) is 61.8 Å². The van der Waals surface area contributed by atoms with E-state index in [1.807, 2.05) is 30.5 Å². The van der Waals surface area contributed by atoms with Gasteiger partial charge in [-0.2, -0.15) is 0 Å². The summed E-state index contributed by atoms with van der Waals surface area (Å²) in [6, 6.07) is 8.03. The van der Waals surface area contributed by atoms with Gasteiger partial charge < -0.3 is 4.98 Å². The lowest BCUT2D eigenvalue weighted by atomic mass is 9.99. The number of hydrogen-bond donors (Lipinski definition) is 1. The van der Waals surface area contributed by atoms with Gasteiger partial charge in [0.15, 0.2) is 0 Å². The van der Waals surface area contributed by atoms with E-state index in [9.17, 15) is 4.79 Å². The van der Waals surface area contributed by atoms with E-state index in [2.05, 4.69) is 28.7 Å². The van der Waals surface area contributed by atoms with Gasteiger partial charge in [0, 0.05) is 12.1 Å². The van der Waals surface area contributed by atoms with Gasteiger partial charge in [0.2, 0.25) is 0 Å². The van der Waals surface area contributed by atoms with Gasteiger partial charge in [-0.25, -0.2) is 4.98 Å². The fourth-order valence-corrected chi connectivity index (χ4v) is 3.44. The van der Waals surface area contributed by atoms with Crippen molar-refractivity contribution in [2.45, 2.75) is 45.6 Å². The fraction of sp³-hybridized carbons (Fsp3) is 0.500. The van der Waals surface area contributed by atoms with Crippen molar-refractivity contribution in [3.8, 4) is 11.3 Å². The second-order valence-corrected chi connectivity index (χ2v) is 6.94. The first-order valence-corrected chi connectivity index (χ1v) is 9.05. The molecule has 0 bridgehead atoms. The third-order valence-electron chi connectivity index (χ3n) is 5.13. The molecular formula is C20H27N3O. The lowest BCUT2D eigenvalue weighted by molar-refractivity contribution is 0.112. The number of likely N-dealkylation sites (tertiary alicyclic amines) is 1. The van der Waals surface area contributed by atoms with Crippen LogP contribution in [0.15, 0.2) is 30.5 Å². The van der Waals surface area contributed by atoms with Crippen molar-refractivity contribution in [1.29, 1.82) is 0 Å². The number of carbonyl (C=O) groups is 1. The number of rotatable bonds is 6. The molecule has 0 spiro atoms. The van der Waals surface area contributed by atoms with E-state index in [0.717, 1.165) is 35.8 Å². The summed E-state index contributed by atoms with van der Waals surface area (Å²) in [4.78, 5) is 21.6. The van der Waals surface area contributed by atoms with Gasteiger partial charge in [-0.15, -0.1) is 0 Å². The molecule has 1 aromatic carbocycles. The number of aldehydes is 1. The molecule has 0 aliphatic carbocycles. The highest BCUT2D eigenvalue weighted by atomic mass is 16.1. The van der Waals surface area contributed by atoms with Crippen molar-refractivity contribution in [2.24, 2.45) is 5.92 Å². The topological polar surface area (TPSA) is 49.0 Å². The number of nitrogens with one attached hydrogen (secondary N) is 1. The monoisotopic (exact) mass is 325 g/mol. The lowest BCUT2D eigenvalue weighted by Crippen LogP contribution is -2.37. The quantitative estimate of drug-likeness (QED) is 0.798. The number of aromatic amines is 1. The van der Waals surface area contributed by atoms with Gasteiger partial charge >= 0.3 is 0 Å². The van der Waals surface area contributed by atoms with Crippen molar-refractivity contribution in [3.05, 3.63) is 41.9 Å². The molecule has 2 unspecified atom stereocenters. The van der Waals surface area contributed by atoms with Crippen LogP contribution in [0.4, 0.5) is 0 Å². The molecule has 3 rings (SSSR count). The second-order valence-electron chi connectivity index (χ2n) is 6.94. The Labute approximate surface area is 144 Å². The Kier molecular flexibility index (Phi) is 5.46. The van der Waals surface area contributed by atoms with Crippen molar-refractivity contribution >= 4 is 6.29 Å². The smallest absolute Gasteiger partial charge is 0.150 e. The SMILES string of the molecule is CCC(C)CN1CCCCC1c1ncc(-c2ccc(C=O)cc2)[nH]1. The highest BCUT2D eigenvalue weighted by Gasteiger charge is 2.27. The van der Waals surface area contributed by atoms with E-state index >= 15 is 0 Å². The van der Waals surface area contributed by atoms with E-state index in [1.54, 1.807) is 0 Å². The molecule has 1 N–H and O–H groups in total. The maximum absolute atomic E-state index is 10.8. The number of aromatic nitrogens is 2.